The van der Waals surface area contributed by atoms with Gasteiger partial charge in [-0.05, 0) is 25.7 Å². The zero-order valence-corrected chi connectivity index (χ0v) is 14.1. The van der Waals surface area contributed by atoms with E-state index in [4.69, 9.17) is 9.47 Å². The molecule has 0 spiro atoms. The topological polar surface area (TPSA) is 18.5 Å². The summed E-state index contributed by atoms with van der Waals surface area (Å²) in [5.74, 6) is 0. The van der Waals surface area contributed by atoms with Crippen LogP contribution in [0, 0.1) is 0 Å². The molecule has 20 heavy (non-hydrogen) atoms. The Balaban J connectivity index is 2.89. The van der Waals surface area contributed by atoms with E-state index in [9.17, 15) is 0 Å². The summed E-state index contributed by atoms with van der Waals surface area (Å²) in [6.45, 7) is 8.22. The molecule has 0 saturated heterocycles. The first kappa shape index (κ1) is 19.9. The van der Waals surface area contributed by atoms with E-state index in [0.29, 0.717) is 0 Å². The summed E-state index contributed by atoms with van der Waals surface area (Å²) >= 11 is 0. The Labute approximate surface area is 127 Å². The number of unbranched alkanes of at least 4 members (excludes halogenated alkanes) is 9. The van der Waals surface area contributed by atoms with Crippen LogP contribution >= 0.6 is 0 Å². The van der Waals surface area contributed by atoms with Crippen molar-refractivity contribution in [3.05, 3.63) is 0 Å². The van der Waals surface area contributed by atoms with Crippen molar-refractivity contribution in [3.8, 4) is 0 Å². The molecule has 0 rings (SSSR count). The van der Waals surface area contributed by atoms with E-state index in [1.807, 2.05) is 0 Å². The second kappa shape index (κ2) is 18.9. The van der Waals surface area contributed by atoms with E-state index in [1.54, 1.807) is 0 Å². The summed E-state index contributed by atoms with van der Waals surface area (Å²) < 4.78 is 11.3. The van der Waals surface area contributed by atoms with Gasteiger partial charge < -0.3 is 9.47 Å². The Bertz CT molecular complexity index is 141. The molecule has 0 saturated carbocycles. The normalized spacial score (nSPS) is 11.1. The summed E-state index contributed by atoms with van der Waals surface area (Å²) in [5, 5.41) is 0. The molecule has 0 fully saturated rings. The van der Waals surface area contributed by atoms with Gasteiger partial charge in [0.15, 0.2) is 0 Å². The molecular weight excluding hydrogens is 248 g/mol. The number of hydrogen-bond acceptors (Lipinski definition) is 2. The maximum atomic E-state index is 5.63. The highest BCUT2D eigenvalue weighted by molar-refractivity contribution is 4.44. The van der Waals surface area contributed by atoms with Crippen molar-refractivity contribution in [2.75, 3.05) is 26.4 Å². The fraction of sp³-hybridized carbons (Fsp3) is 1.00. The first-order chi connectivity index (χ1) is 9.91. The lowest BCUT2D eigenvalue weighted by Crippen LogP contribution is -2.01. The Morgan fingerprint density at radius 3 is 1.05 bits per heavy atom. The van der Waals surface area contributed by atoms with Crippen LogP contribution in [0.15, 0.2) is 0 Å². The van der Waals surface area contributed by atoms with Crippen molar-refractivity contribution in [2.24, 2.45) is 0 Å². The van der Waals surface area contributed by atoms with Crippen LogP contribution in [0.1, 0.15) is 90.9 Å². The lowest BCUT2D eigenvalue weighted by molar-refractivity contribution is 0.0991. The molecule has 0 N–H and O–H groups in total. The van der Waals surface area contributed by atoms with Crippen LogP contribution < -0.4 is 0 Å². The highest BCUT2D eigenvalue weighted by Crippen LogP contribution is 2.04. The molecule has 0 bridgehead atoms. The van der Waals surface area contributed by atoms with Crippen LogP contribution in [0.25, 0.3) is 0 Å². The molecular formula is C18H38O2. The third kappa shape index (κ3) is 17.9. The summed E-state index contributed by atoms with van der Waals surface area (Å²) in [5.41, 5.74) is 0. The summed E-state index contributed by atoms with van der Waals surface area (Å²) in [7, 11) is 0. The van der Waals surface area contributed by atoms with Gasteiger partial charge in [0.1, 0.15) is 0 Å². The van der Waals surface area contributed by atoms with Gasteiger partial charge in [-0.3, -0.25) is 0 Å². The molecule has 0 aromatic rings. The molecule has 0 aromatic heterocycles. The zero-order valence-electron chi connectivity index (χ0n) is 14.1. The van der Waals surface area contributed by atoms with Crippen molar-refractivity contribution < 1.29 is 9.47 Å². The monoisotopic (exact) mass is 286 g/mol. The summed E-state index contributed by atoms with van der Waals surface area (Å²) in [4.78, 5) is 0. The van der Waals surface area contributed by atoms with Gasteiger partial charge in [-0.2, -0.15) is 0 Å². The second-order valence-electron chi connectivity index (χ2n) is 5.76. The van der Waals surface area contributed by atoms with Crippen LogP contribution in [-0.2, 0) is 9.47 Å². The maximum Gasteiger partial charge on any atom is 0.0466 e. The van der Waals surface area contributed by atoms with Gasteiger partial charge in [0, 0.05) is 26.4 Å². The zero-order chi connectivity index (χ0) is 14.7. The van der Waals surface area contributed by atoms with Crippen LogP contribution in [0.5, 0.6) is 0 Å². The van der Waals surface area contributed by atoms with E-state index in [2.05, 4.69) is 13.8 Å². The molecule has 0 aromatic carbocycles. The standard InChI is InChI=1S/C18H38O2/c1-3-5-7-9-11-15-19-17-13-14-18-20-16-12-10-8-6-4-2/h3-18H2,1-2H3. The van der Waals surface area contributed by atoms with E-state index >= 15 is 0 Å². The first-order valence-electron chi connectivity index (χ1n) is 9.07. The van der Waals surface area contributed by atoms with Crippen molar-refractivity contribution in [1.82, 2.24) is 0 Å². The van der Waals surface area contributed by atoms with E-state index < -0.39 is 0 Å². The maximum absolute atomic E-state index is 5.63. The van der Waals surface area contributed by atoms with Gasteiger partial charge in [-0.1, -0.05) is 65.2 Å². The van der Waals surface area contributed by atoms with Crippen LogP contribution in [0.2, 0.25) is 0 Å². The molecule has 2 nitrogen and oxygen atoms in total. The van der Waals surface area contributed by atoms with Crippen LogP contribution in [0.4, 0.5) is 0 Å². The second-order valence-corrected chi connectivity index (χ2v) is 5.76. The van der Waals surface area contributed by atoms with Gasteiger partial charge in [-0.25, -0.2) is 0 Å². The Morgan fingerprint density at radius 1 is 0.400 bits per heavy atom. The predicted octanol–water partition coefficient (Wildman–Crippen LogP) is 5.74. The molecule has 0 atom stereocenters. The van der Waals surface area contributed by atoms with E-state index in [1.165, 1.54) is 64.2 Å². The summed E-state index contributed by atoms with van der Waals surface area (Å²) in [6, 6.07) is 0. The van der Waals surface area contributed by atoms with Crippen molar-refractivity contribution in [2.45, 2.75) is 90.9 Å². The molecule has 0 amide bonds. The Hall–Kier alpha value is -0.0800. The number of ether oxygens (including phenoxy) is 2. The molecule has 0 aliphatic carbocycles. The third-order valence-corrected chi connectivity index (χ3v) is 3.61. The van der Waals surface area contributed by atoms with Gasteiger partial charge in [-0.15, -0.1) is 0 Å². The Morgan fingerprint density at radius 2 is 0.700 bits per heavy atom. The lowest BCUT2D eigenvalue weighted by Gasteiger charge is -2.05. The predicted molar refractivity (Wildman–Crippen MR) is 88.4 cm³/mol. The fourth-order valence-electron chi connectivity index (χ4n) is 2.23. The highest BCUT2D eigenvalue weighted by atomic mass is 16.5. The average molecular weight is 286 g/mol. The fourth-order valence-corrected chi connectivity index (χ4v) is 2.23. The van der Waals surface area contributed by atoms with Gasteiger partial charge >= 0.3 is 0 Å². The van der Waals surface area contributed by atoms with E-state index in [-0.39, 0.29) is 0 Å². The highest BCUT2D eigenvalue weighted by Gasteiger charge is 1.93. The van der Waals surface area contributed by atoms with Gasteiger partial charge in [0.05, 0.1) is 0 Å². The van der Waals surface area contributed by atoms with Gasteiger partial charge in [0.2, 0.25) is 0 Å². The first-order valence-corrected chi connectivity index (χ1v) is 9.07. The van der Waals surface area contributed by atoms with Crippen LogP contribution in [0.3, 0.4) is 0 Å². The summed E-state index contributed by atoms with van der Waals surface area (Å²) in [6.07, 6.45) is 15.5. The Kier molecular flexibility index (Phi) is 18.8. The minimum atomic E-state index is 0.910. The minimum Gasteiger partial charge on any atom is -0.381 e. The molecule has 2 heteroatoms. The molecule has 0 radical (unpaired) electrons. The van der Waals surface area contributed by atoms with Crippen LogP contribution in [-0.4, -0.2) is 26.4 Å². The largest absolute Gasteiger partial charge is 0.381 e. The smallest absolute Gasteiger partial charge is 0.0466 e. The van der Waals surface area contributed by atoms with E-state index in [0.717, 1.165) is 39.3 Å². The van der Waals surface area contributed by atoms with Crippen molar-refractivity contribution in [3.63, 3.8) is 0 Å². The minimum absolute atomic E-state index is 0.910. The average Bonchev–Trinajstić information content (AvgIpc) is 2.47. The molecule has 0 aliphatic heterocycles. The lowest BCUT2D eigenvalue weighted by atomic mass is 10.2. The molecule has 0 unspecified atom stereocenters. The quantitative estimate of drug-likeness (QED) is 0.317. The number of rotatable bonds is 17. The molecule has 0 aliphatic rings. The number of hydrogen-bond donors (Lipinski definition) is 0. The molecule has 0 heterocycles. The van der Waals surface area contributed by atoms with Crippen molar-refractivity contribution in [1.29, 1.82) is 0 Å². The SMILES string of the molecule is CCCCCCCOCCCCOCCCCCCC. The van der Waals surface area contributed by atoms with Gasteiger partial charge in [0.25, 0.3) is 0 Å². The third-order valence-electron chi connectivity index (χ3n) is 3.61. The molecule has 122 valence electrons. The van der Waals surface area contributed by atoms with Crippen molar-refractivity contribution >= 4 is 0 Å².